The van der Waals surface area contributed by atoms with Crippen LogP contribution in [0.3, 0.4) is 0 Å². The lowest BCUT2D eigenvalue weighted by Crippen LogP contribution is -3.08. The molecule has 1 aromatic carbocycles. The smallest absolute Gasteiger partial charge is 0.282 e. The molecule has 1 unspecified atom stereocenters. The van der Waals surface area contributed by atoms with Gasteiger partial charge in [-0.05, 0) is 46.1 Å². The third-order valence-electron chi connectivity index (χ3n) is 3.75. The van der Waals surface area contributed by atoms with Crippen LogP contribution in [0.25, 0.3) is 0 Å². The lowest BCUT2D eigenvalue weighted by Gasteiger charge is -2.19. The SMILES string of the molecule is C[NH+](CC(=O)N1CCc2ccccc21)Cc1ccc(Br)s1. The number of hydrogen-bond acceptors (Lipinski definition) is 2. The van der Waals surface area contributed by atoms with Crippen molar-refractivity contribution in [2.75, 3.05) is 25.0 Å². The maximum absolute atomic E-state index is 12.5. The molecule has 0 spiro atoms. The molecule has 0 aliphatic carbocycles. The highest BCUT2D eigenvalue weighted by molar-refractivity contribution is 9.11. The Hall–Kier alpha value is -1.17. The van der Waals surface area contributed by atoms with Gasteiger partial charge < -0.3 is 9.80 Å². The number of quaternary nitrogens is 1. The van der Waals surface area contributed by atoms with Gasteiger partial charge in [-0.1, -0.05) is 18.2 Å². The Balaban J connectivity index is 1.62. The summed E-state index contributed by atoms with van der Waals surface area (Å²) in [6.45, 7) is 2.23. The van der Waals surface area contributed by atoms with Gasteiger partial charge in [-0.15, -0.1) is 11.3 Å². The molecule has 5 heteroatoms. The molecular formula is C16H18BrN2OS+. The number of halogens is 1. The molecule has 21 heavy (non-hydrogen) atoms. The van der Waals surface area contributed by atoms with Gasteiger partial charge in [0.05, 0.1) is 15.7 Å². The van der Waals surface area contributed by atoms with Gasteiger partial charge in [0.1, 0.15) is 6.54 Å². The van der Waals surface area contributed by atoms with Crippen molar-refractivity contribution in [3.8, 4) is 0 Å². The fourth-order valence-corrected chi connectivity index (χ4v) is 4.35. The van der Waals surface area contributed by atoms with Crippen molar-refractivity contribution in [1.29, 1.82) is 0 Å². The molecule has 0 radical (unpaired) electrons. The maximum atomic E-state index is 12.5. The van der Waals surface area contributed by atoms with E-state index in [0.29, 0.717) is 6.54 Å². The fourth-order valence-electron chi connectivity index (χ4n) is 2.76. The summed E-state index contributed by atoms with van der Waals surface area (Å²) in [7, 11) is 2.08. The number of carbonyl (C=O) groups excluding carboxylic acids is 1. The Labute approximate surface area is 137 Å². The average molecular weight is 366 g/mol. The minimum absolute atomic E-state index is 0.216. The number of para-hydroxylation sites is 1. The van der Waals surface area contributed by atoms with Gasteiger partial charge in [0, 0.05) is 12.2 Å². The van der Waals surface area contributed by atoms with Gasteiger partial charge in [-0.3, -0.25) is 4.79 Å². The average Bonchev–Trinajstić information content (AvgIpc) is 3.04. The zero-order valence-electron chi connectivity index (χ0n) is 11.9. The number of carbonyl (C=O) groups is 1. The molecule has 2 aromatic rings. The topological polar surface area (TPSA) is 24.8 Å². The Morgan fingerprint density at radius 3 is 2.90 bits per heavy atom. The summed E-state index contributed by atoms with van der Waals surface area (Å²) in [5, 5.41) is 0. The number of rotatable bonds is 4. The second kappa shape index (κ2) is 6.30. The highest BCUT2D eigenvalue weighted by Crippen LogP contribution is 2.27. The van der Waals surface area contributed by atoms with E-state index in [4.69, 9.17) is 0 Å². The Bertz CT molecular complexity index is 655. The van der Waals surface area contributed by atoms with E-state index in [0.717, 1.165) is 29.0 Å². The number of benzene rings is 1. The molecule has 0 fully saturated rings. The van der Waals surface area contributed by atoms with Gasteiger partial charge >= 0.3 is 0 Å². The number of amides is 1. The fraction of sp³-hybridized carbons (Fsp3) is 0.312. The van der Waals surface area contributed by atoms with E-state index in [1.165, 1.54) is 15.3 Å². The monoisotopic (exact) mass is 365 g/mol. The first-order chi connectivity index (χ1) is 10.1. The van der Waals surface area contributed by atoms with E-state index in [-0.39, 0.29) is 5.91 Å². The van der Waals surface area contributed by atoms with Crippen LogP contribution in [-0.4, -0.2) is 26.0 Å². The van der Waals surface area contributed by atoms with Gasteiger partial charge in [0.25, 0.3) is 5.91 Å². The van der Waals surface area contributed by atoms with E-state index >= 15 is 0 Å². The summed E-state index contributed by atoms with van der Waals surface area (Å²) in [5.41, 5.74) is 2.37. The van der Waals surface area contributed by atoms with Crippen LogP contribution in [0.4, 0.5) is 5.69 Å². The molecule has 3 nitrogen and oxygen atoms in total. The molecule has 1 amide bonds. The lowest BCUT2D eigenvalue weighted by atomic mass is 10.2. The first kappa shape index (κ1) is 14.8. The van der Waals surface area contributed by atoms with E-state index in [2.05, 4.69) is 41.2 Å². The van der Waals surface area contributed by atoms with Crippen molar-refractivity contribution in [2.45, 2.75) is 13.0 Å². The van der Waals surface area contributed by atoms with Gasteiger partial charge in [-0.25, -0.2) is 0 Å². The van der Waals surface area contributed by atoms with Gasteiger partial charge in [0.2, 0.25) is 0 Å². The summed E-state index contributed by atoms with van der Waals surface area (Å²) < 4.78 is 1.14. The molecule has 0 saturated carbocycles. The van der Waals surface area contributed by atoms with Crippen LogP contribution in [0.15, 0.2) is 40.2 Å². The van der Waals surface area contributed by atoms with E-state index < -0.39 is 0 Å². The van der Waals surface area contributed by atoms with E-state index in [9.17, 15) is 4.79 Å². The normalized spacial score (nSPS) is 15.0. The van der Waals surface area contributed by atoms with Gasteiger partial charge in [-0.2, -0.15) is 0 Å². The Morgan fingerprint density at radius 1 is 1.33 bits per heavy atom. The van der Waals surface area contributed by atoms with Crippen LogP contribution in [0.1, 0.15) is 10.4 Å². The predicted molar refractivity (Wildman–Crippen MR) is 90.0 cm³/mol. The number of anilines is 1. The van der Waals surface area contributed by atoms with Crippen molar-refractivity contribution >= 4 is 38.9 Å². The molecule has 0 saturated heterocycles. The van der Waals surface area contributed by atoms with Gasteiger partial charge in [0.15, 0.2) is 6.54 Å². The number of thiophene rings is 1. The molecule has 1 aromatic heterocycles. The zero-order chi connectivity index (χ0) is 14.8. The van der Waals surface area contributed by atoms with Crippen molar-refractivity contribution < 1.29 is 9.69 Å². The summed E-state index contributed by atoms with van der Waals surface area (Å²) in [5.74, 6) is 0.216. The molecule has 1 atom stereocenters. The van der Waals surface area contributed by atoms with E-state index in [1.807, 2.05) is 23.1 Å². The molecule has 0 bridgehead atoms. The van der Waals surface area contributed by atoms with Crippen LogP contribution < -0.4 is 9.80 Å². The number of nitrogens with one attached hydrogen (secondary N) is 1. The minimum atomic E-state index is 0.216. The summed E-state index contributed by atoms with van der Waals surface area (Å²) in [6, 6.07) is 12.4. The number of nitrogens with zero attached hydrogens (tertiary/aromatic N) is 1. The number of hydrogen-bond donors (Lipinski definition) is 1. The first-order valence-corrected chi connectivity index (χ1v) is 8.68. The van der Waals surface area contributed by atoms with Crippen LogP contribution in [0, 0.1) is 0 Å². The third-order valence-corrected chi connectivity index (χ3v) is 5.37. The molecule has 2 heterocycles. The molecule has 1 N–H and O–H groups in total. The quantitative estimate of drug-likeness (QED) is 0.881. The highest BCUT2D eigenvalue weighted by Gasteiger charge is 2.26. The van der Waals surface area contributed by atoms with Crippen molar-refractivity contribution in [3.05, 3.63) is 50.6 Å². The van der Waals surface area contributed by atoms with Crippen LogP contribution in [0.2, 0.25) is 0 Å². The van der Waals surface area contributed by atoms with Crippen molar-refractivity contribution in [2.24, 2.45) is 0 Å². The second-order valence-electron chi connectivity index (χ2n) is 5.44. The largest absolute Gasteiger partial charge is 0.325 e. The van der Waals surface area contributed by atoms with Crippen LogP contribution >= 0.6 is 27.3 Å². The molecule has 110 valence electrons. The molecular weight excluding hydrogens is 348 g/mol. The highest BCUT2D eigenvalue weighted by atomic mass is 79.9. The lowest BCUT2D eigenvalue weighted by molar-refractivity contribution is -0.885. The molecule has 1 aliphatic heterocycles. The zero-order valence-corrected chi connectivity index (χ0v) is 14.3. The summed E-state index contributed by atoms with van der Waals surface area (Å²) in [6.07, 6.45) is 0.971. The number of likely N-dealkylation sites (N-methyl/N-ethyl adjacent to an activating group) is 1. The van der Waals surface area contributed by atoms with Crippen LogP contribution in [-0.2, 0) is 17.8 Å². The Kier molecular flexibility index (Phi) is 4.42. The van der Waals surface area contributed by atoms with Crippen molar-refractivity contribution in [1.82, 2.24) is 0 Å². The minimum Gasteiger partial charge on any atom is -0.325 e. The van der Waals surface area contributed by atoms with Crippen molar-refractivity contribution in [3.63, 3.8) is 0 Å². The first-order valence-electron chi connectivity index (χ1n) is 7.07. The van der Waals surface area contributed by atoms with Crippen LogP contribution in [0.5, 0.6) is 0 Å². The third kappa shape index (κ3) is 3.36. The predicted octanol–water partition coefficient (Wildman–Crippen LogP) is 2.11. The summed E-state index contributed by atoms with van der Waals surface area (Å²) >= 11 is 5.21. The Morgan fingerprint density at radius 2 is 2.14 bits per heavy atom. The maximum Gasteiger partial charge on any atom is 0.282 e. The number of fused-ring (bicyclic) bond motifs is 1. The second-order valence-corrected chi connectivity index (χ2v) is 7.99. The van der Waals surface area contributed by atoms with E-state index in [1.54, 1.807) is 11.3 Å². The summed E-state index contributed by atoms with van der Waals surface area (Å²) in [4.78, 5) is 17.0. The standard InChI is InChI=1S/C16H17BrN2OS/c1-18(10-13-6-7-15(17)21-13)11-16(20)19-9-8-12-4-2-3-5-14(12)19/h2-7H,8-11H2,1H3/p+1. The molecule has 1 aliphatic rings. The molecule has 3 rings (SSSR count).